The van der Waals surface area contributed by atoms with Crippen LogP contribution in [0.1, 0.15) is 26.7 Å². The molecule has 0 amide bonds. The molecule has 0 atom stereocenters. The van der Waals surface area contributed by atoms with Gasteiger partial charge in [-0.1, -0.05) is 13.8 Å². The zero-order chi connectivity index (χ0) is 8.85. The molecular weight excluding hydrogens is 154 g/mol. The summed E-state index contributed by atoms with van der Waals surface area (Å²) in [5.74, 6) is -0.492. The van der Waals surface area contributed by atoms with E-state index in [1.807, 2.05) is 13.8 Å². The first kappa shape index (κ1) is 10.3. The van der Waals surface area contributed by atoms with Gasteiger partial charge in [0.1, 0.15) is 0 Å². The van der Waals surface area contributed by atoms with Gasteiger partial charge in [0.25, 0.3) is 0 Å². The Morgan fingerprint density at radius 1 is 1.45 bits per heavy atom. The third-order valence-electron chi connectivity index (χ3n) is 1.15. The molecule has 0 bridgehead atoms. The van der Waals surface area contributed by atoms with E-state index in [4.69, 9.17) is 0 Å². The van der Waals surface area contributed by atoms with Gasteiger partial charge in [-0.2, -0.15) is 8.78 Å². The van der Waals surface area contributed by atoms with Crippen LogP contribution in [-0.4, -0.2) is 12.6 Å². The van der Waals surface area contributed by atoms with Crippen LogP contribution in [-0.2, 0) is 9.53 Å². The minimum Gasteiger partial charge on any atom is -0.403 e. The van der Waals surface area contributed by atoms with E-state index in [0.29, 0.717) is 12.3 Å². The Bertz CT molecular complexity index is 124. The fraction of sp³-hybridized carbons (Fsp3) is 0.857. The van der Waals surface area contributed by atoms with E-state index >= 15 is 0 Å². The van der Waals surface area contributed by atoms with Crippen molar-refractivity contribution < 1.29 is 18.3 Å². The van der Waals surface area contributed by atoms with E-state index in [2.05, 4.69) is 4.74 Å². The number of rotatable bonds is 4. The van der Waals surface area contributed by atoms with Crippen molar-refractivity contribution in [3.05, 3.63) is 0 Å². The van der Waals surface area contributed by atoms with Gasteiger partial charge in [0, 0.05) is 6.42 Å². The number of halogens is 2. The first-order chi connectivity index (χ1) is 5.02. The maximum absolute atomic E-state index is 11.4. The van der Waals surface area contributed by atoms with Crippen molar-refractivity contribution in [2.24, 2.45) is 5.92 Å². The van der Waals surface area contributed by atoms with Crippen LogP contribution in [0.3, 0.4) is 0 Å². The summed E-state index contributed by atoms with van der Waals surface area (Å²) in [5, 5.41) is 0. The Kier molecular flexibility index (Phi) is 4.74. The summed E-state index contributed by atoms with van der Waals surface area (Å²) >= 11 is 0. The number of alkyl halides is 2. The van der Waals surface area contributed by atoms with Gasteiger partial charge in [-0.15, -0.1) is 0 Å². The highest BCUT2D eigenvalue weighted by atomic mass is 19.3. The van der Waals surface area contributed by atoms with E-state index in [1.165, 1.54) is 0 Å². The Labute approximate surface area is 64.5 Å². The Morgan fingerprint density at radius 3 is 2.36 bits per heavy atom. The molecule has 0 aliphatic heterocycles. The molecule has 4 heteroatoms. The summed E-state index contributed by atoms with van der Waals surface area (Å²) in [6.07, 6.45) is 0.660. The molecule has 0 aromatic rings. The lowest BCUT2D eigenvalue weighted by molar-refractivity contribution is -0.176. The summed E-state index contributed by atoms with van der Waals surface area (Å²) < 4.78 is 26.4. The standard InChI is InChI=1S/C7H12F2O2/c1-5(2)3-4-6(10)11-7(8)9/h5,7H,3-4H2,1-2H3. The molecule has 0 radical (unpaired) electrons. The van der Waals surface area contributed by atoms with Gasteiger partial charge in [0.2, 0.25) is 0 Å². The molecule has 0 aromatic heterocycles. The maximum atomic E-state index is 11.4. The molecule has 0 aliphatic rings. The van der Waals surface area contributed by atoms with Gasteiger partial charge in [0.05, 0.1) is 0 Å². The van der Waals surface area contributed by atoms with Crippen molar-refractivity contribution in [2.45, 2.75) is 33.3 Å². The molecule has 0 aliphatic carbocycles. The highest BCUT2D eigenvalue weighted by molar-refractivity contribution is 5.69. The molecule has 2 nitrogen and oxygen atoms in total. The predicted octanol–water partition coefficient (Wildman–Crippen LogP) is 2.19. The molecular formula is C7H12F2O2. The van der Waals surface area contributed by atoms with Crippen LogP contribution in [0.4, 0.5) is 8.78 Å². The summed E-state index contributed by atoms with van der Waals surface area (Å²) in [7, 11) is 0. The van der Waals surface area contributed by atoms with Crippen LogP contribution < -0.4 is 0 Å². The molecule has 0 spiro atoms. The Balaban J connectivity index is 3.38. The molecule has 0 fully saturated rings. The summed E-state index contributed by atoms with van der Waals surface area (Å²) in [6, 6.07) is 0. The summed E-state index contributed by atoms with van der Waals surface area (Å²) in [5.41, 5.74) is 0. The van der Waals surface area contributed by atoms with Crippen molar-refractivity contribution in [3.8, 4) is 0 Å². The number of ether oxygens (including phenoxy) is 1. The second-order valence-corrected chi connectivity index (χ2v) is 2.68. The Hall–Kier alpha value is -0.670. The molecule has 11 heavy (non-hydrogen) atoms. The first-order valence-electron chi connectivity index (χ1n) is 3.50. The van der Waals surface area contributed by atoms with E-state index < -0.39 is 12.6 Å². The monoisotopic (exact) mass is 166 g/mol. The number of hydrogen-bond donors (Lipinski definition) is 0. The van der Waals surface area contributed by atoms with Crippen LogP contribution in [0.15, 0.2) is 0 Å². The highest BCUT2D eigenvalue weighted by Gasteiger charge is 2.10. The zero-order valence-corrected chi connectivity index (χ0v) is 6.64. The smallest absolute Gasteiger partial charge is 0.389 e. The van der Waals surface area contributed by atoms with Gasteiger partial charge in [-0.25, -0.2) is 0 Å². The van der Waals surface area contributed by atoms with Crippen molar-refractivity contribution in [2.75, 3.05) is 0 Å². The third kappa shape index (κ3) is 7.22. The van der Waals surface area contributed by atoms with Crippen LogP contribution in [0.2, 0.25) is 0 Å². The quantitative estimate of drug-likeness (QED) is 0.598. The van der Waals surface area contributed by atoms with Crippen molar-refractivity contribution in [1.82, 2.24) is 0 Å². The lowest BCUT2D eigenvalue weighted by Crippen LogP contribution is -2.09. The lowest BCUT2D eigenvalue weighted by atomic mass is 10.1. The average molecular weight is 166 g/mol. The van der Waals surface area contributed by atoms with Crippen LogP contribution >= 0.6 is 0 Å². The second-order valence-electron chi connectivity index (χ2n) is 2.68. The van der Waals surface area contributed by atoms with Crippen LogP contribution in [0.5, 0.6) is 0 Å². The molecule has 0 heterocycles. The molecule has 66 valence electrons. The topological polar surface area (TPSA) is 26.3 Å². The van der Waals surface area contributed by atoms with E-state index in [-0.39, 0.29) is 6.42 Å². The zero-order valence-electron chi connectivity index (χ0n) is 6.64. The third-order valence-corrected chi connectivity index (χ3v) is 1.15. The SMILES string of the molecule is CC(C)CCC(=O)OC(F)F. The fourth-order valence-electron chi connectivity index (χ4n) is 0.565. The van der Waals surface area contributed by atoms with Gasteiger partial charge in [-0.3, -0.25) is 4.79 Å². The lowest BCUT2D eigenvalue weighted by Gasteiger charge is -2.04. The van der Waals surface area contributed by atoms with Gasteiger partial charge < -0.3 is 4.74 Å². The highest BCUT2D eigenvalue weighted by Crippen LogP contribution is 2.06. The van der Waals surface area contributed by atoms with E-state index in [0.717, 1.165) is 0 Å². The molecule has 0 saturated carbocycles. The number of hydrogen-bond acceptors (Lipinski definition) is 2. The van der Waals surface area contributed by atoms with Crippen LogP contribution in [0, 0.1) is 5.92 Å². The predicted molar refractivity (Wildman–Crippen MR) is 36.2 cm³/mol. The largest absolute Gasteiger partial charge is 0.403 e. The van der Waals surface area contributed by atoms with Crippen LogP contribution in [0.25, 0.3) is 0 Å². The van der Waals surface area contributed by atoms with E-state index in [1.54, 1.807) is 0 Å². The summed E-state index contributed by atoms with van der Waals surface area (Å²) in [6.45, 7) is 0.848. The van der Waals surface area contributed by atoms with E-state index in [9.17, 15) is 13.6 Å². The van der Waals surface area contributed by atoms with Crippen molar-refractivity contribution >= 4 is 5.97 Å². The molecule has 0 saturated heterocycles. The first-order valence-corrected chi connectivity index (χ1v) is 3.50. The molecule has 0 rings (SSSR count). The van der Waals surface area contributed by atoms with Gasteiger partial charge >= 0.3 is 12.6 Å². The second kappa shape index (κ2) is 5.04. The number of carbonyl (C=O) groups is 1. The van der Waals surface area contributed by atoms with Gasteiger partial charge in [0.15, 0.2) is 0 Å². The van der Waals surface area contributed by atoms with Crippen molar-refractivity contribution in [3.63, 3.8) is 0 Å². The van der Waals surface area contributed by atoms with Gasteiger partial charge in [-0.05, 0) is 12.3 Å². The minimum atomic E-state index is -2.98. The minimum absolute atomic E-state index is 0.0714. The molecule has 0 unspecified atom stereocenters. The Morgan fingerprint density at radius 2 is 2.00 bits per heavy atom. The fourth-order valence-corrected chi connectivity index (χ4v) is 0.565. The average Bonchev–Trinajstić information content (AvgIpc) is 1.82. The number of carbonyl (C=O) groups excluding carboxylic acids is 1. The normalized spacial score (nSPS) is 10.7. The maximum Gasteiger partial charge on any atom is 0.389 e. The molecule has 0 aromatic carbocycles. The summed E-state index contributed by atoms with van der Waals surface area (Å²) in [4.78, 5) is 10.5. The van der Waals surface area contributed by atoms with Crippen molar-refractivity contribution in [1.29, 1.82) is 0 Å². The number of esters is 1. The molecule has 0 N–H and O–H groups in total.